The van der Waals surface area contributed by atoms with Gasteiger partial charge in [0.2, 0.25) is 0 Å². The van der Waals surface area contributed by atoms with Gasteiger partial charge in [-0.15, -0.1) is 0 Å². The number of nitro benzene ring substituents is 1. The molecule has 1 unspecified atom stereocenters. The van der Waals surface area contributed by atoms with Gasteiger partial charge < -0.3 is 15.3 Å². The molecule has 1 aromatic carbocycles. The fraction of sp³-hybridized carbons (Fsp3) is 0.600. The van der Waals surface area contributed by atoms with Crippen LogP contribution in [0.5, 0.6) is 0 Å². The molecule has 0 fully saturated rings. The maximum absolute atomic E-state index is 10.6. The topological polar surface area (TPSA) is 78.6 Å². The van der Waals surface area contributed by atoms with Crippen molar-refractivity contribution in [3.05, 3.63) is 39.9 Å². The second kappa shape index (κ2) is 7.49. The standard InChI is InChI=1S/C15H25N3O3/c1-15(2,11-17(3)4)10-16-9-14(19)12-5-7-13(8-6-12)18(20)21/h5-8,14,16,19H,9-11H2,1-4H3. The van der Waals surface area contributed by atoms with E-state index in [2.05, 4.69) is 24.1 Å². The number of nitro groups is 1. The smallest absolute Gasteiger partial charge is 0.269 e. The molecule has 0 spiro atoms. The highest BCUT2D eigenvalue weighted by Gasteiger charge is 2.19. The summed E-state index contributed by atoms with van der Waals surface area (Å²) in [5, 5.41) is 23.9. The monoisotopic (exact) mass is 295 g/mol. The minimum absolute atomic E-state index is 0.0334. The largest absolute Gasteiger partial charge is 0.387 e. The molecule has 0 amide bonds. The Morgan fingerprint density at radius 3 is 2.38 bits per heavy atom. The summed E-state index contributed by atoms with van der Waals surface area (Å²) in [4.78, 5) is 12.3. The Kier molecular flexibility index (Phi) is 6.26. The molecule has 1 aromatic rings. The van der Waals surface area contributed by atoms with Gasteiger partial charge in [0.15, 0.2) is 0 Å². The summed E-state index contributed by atoms with van der Waals surface area (Å²) < 4.78 is 0. The zero-order valence-corrected chi connectivity index (χ0v) is 13.2. The fourth-order valence-electron chi connectivity index (χ4n) is 2.40. The predicted octanol–water partition coefficient (Wildman–Crippen LogP) is 1.81. The fourth-order valence-corrected chi connectivity index (χ4v) is 2.40. The van der Waals surface area contributed by atoms with Crippen molar-refractivity contribution in [3.63, 3.8) is 0 Å². The minimum Gasteiger partial charge on any atom is -0.387 e. The summed E-state index contributed by atoms with van der Waals surface area (Å²) in [6, 6.07) is 6.01. The highest BCUT2D eigenvalue weighted by atomic mass is 16.6. The second-order valence-electron chi connectivity index (χ2n) is 6.40. The maximum atomic E-state index is 10.6. The summed E-state index contributed by atoms with van der Waals surface area (Å²) in [6.45, 7) is 6.49. The molecule has 0 saturated heterocycles. The van der Waals surface area contributed by atoms with Crippen LogP contribution in [0.15, 0.2) is 24.3 Å². The Hall–Kier alpha value is -1.50. The van der Waals surface area contributed by atoms with Crippen molar-refractivity contribution in [2.45, 2.75) is 20.0 Å². The lowest BCUT2D eigenvalue weighted by Gasteiger charge is -2.29. The van der Waals surface area contributed by atoms with Crippen LogP contribution in [0.1, 0.15) is 25.5 Å². The highest BCUT2D eigenvalue weighted by Crippen LogP contribution is 2.18. The Balaban J connectivity index is 2.46. The first-order valence-corrected chi connectivity index (χ1v) is 6.99. The van der Waals surface area contributed by atoms with Gasteiger partial charge >= 0.3 is 0 Å². The number of hydrogen-bond donors (Lipinski definition) is 2. The number of aliphatic hydroxyl groups is 1. The maximum Gasteiger partial charge on any atom is 0.269 e. The molecule has 0 heterocycles. The minimum atomic E-state index is -0.666. The van der Waals surface area contributed by atoms with E-state index >= 15 is 0 Å². The SMILES string of the molecule is CN(C)CC(C)(C)CNCC(O)c1ccc([N+](=O)[O-])cc1. The number of non-ortho nitro benzene ring substituents is 1. The molecule has 118 valence electrons. The Labute approximate surface area is 125 Å². The molecular formula is C15H25N3O3. The lowest BCUT2D eigenvalue weighted by Crippen LogP contribution is -2.38. The summed E-state index contributed by atoms with van der Waals surface area (Å²) >= 11 is 0. The van der Waals surface area contributed by atoms with E-state index in [1.165, 1.54) is 12.1 Å². The molecule has 6 nitrogen and oxygen atoms in total. The molecule has 0 aliphatic carbocycles. The Bertz CT molecular complexity index is 458. The van der Waals surface area contributed by atoms with Crippen LogP contribution in [-0.4, -0.2) is 48.7 Å². The van der Waals surface area contributed by atoms with Gasteiger partial charge in [-0.05, 0) is 37.2 Å². The number of benzene rings is 1. The van der Waals surface area contributed by atoms with Crippen LogP contribution >= 0.6 is 0 Å². The summed E-state index contributed by atoms with van der Waals surface area (Å²) in [7, 11) is 4.07. The average Bonchev–Trinajstić information content (AvgIpc) is 2.36. The first-order valence-electron chi connectivity index (χ1n) is 6.99. The van der Waals surface area contributed by atoms with Crippen molar-refractivity contribution >= 4 is 5.69 Å². The Morgan fingerprint density at radius 1 is 1.33 bits per heavy atom. The number of rotatable bonds is 8. The average molecular weight is 295 g/mol. The van der Waals surface area contributed by atoms with Gasteiger partial charge in [0.1, 0.15) is 0 Å². The van der Waals surface area contributed by atoms with E-state index in [1.54, 1.807) is 12.1 Å². The third-order valence-corrected chi connectivity index (χ3v) is 3.17. The lowest BCUT2D eigenvalue weighted by molar-refractivity contribution is -0.384. The van der Waals surface area contributed by atoms with Gasteiger partial charge in [-0.3, -0.25) is 10.1 Å². The van der Waals surface area contributed by atoms with Gasteiger partial charge in [0.05, 0.1) is 11.0 Å². The van der Waals surface area contributed by atoms with Crippen LogP contribution in [0.2, 0.25) is 0 Å². The van der Waals surface area contributed by atoms with Crippen LogP contribution in [0.3, 0.4) is 0 Å². The molecule has 21 heavy (non-hydrogen) atoms. The number of aliphatic hydroxyl groups excluding tert-OH is 1. The van der Waals surface area contributed by atoms with Gasteiger partial charge in [-0.1, -0.05) is 13.8 Å². The molecule has 0 aliphatic rings. The molecule has 1 rings (SSSR count). The van der Waals surface area contributed by atoms with E-state index in [0.717, 1.165) is 13.1 Å². The van der Waals surface area contributed by atoms with Crippen LogP contribution in [0.4, 0.5) is 5.69 Å². The molecule has 0 radical (unpaired) electrons. The molecule has 0 saturated carbocycles. The highest BCUT2D eigenvalue weighted by molar-refractivity contribution is 5.33. The van der Waals surface area contributed by atoms with Gasteiger partial charge in [0.25, 0.3) is 5.69 Å². The van der Waals surface area contributed by atoms with Crippen molar-refractivity contribution in [3.8, 4) is 0 Å². The molecule has 0 bridgehead atoms. The summed E-state index contributed by atoms with van der Waals surface area (Å²) in [6.07, 6.45) is -0.666. The van der Waals surface area contributed by atoms with Crippen molar-refractivity contribution in [1.29, 1.82) is 0 Å². The van der Waals surface area contributed by atoms with Crippen LogP contribution in [0.25, 0.3) is 0 Å². The van der Waals surface area contributed by atoms with Gasteiger partial charge in [-0.25, -0.2) is 0 Å². The van der Waals surface area contributed by atoms with Gasteiger partial charge in [0, 0.05) is 31.8 Å². The summed E-state index contributed by atoms with van der Waals surface area (Å²) in [5.41, 5.74) is 0.822. The second-order valence-corrected chi connectivity index (χ2v) is 6.40. The quantitative estimate of drug-likeness (QED) is 0.565. The van der Waals surface area contributed by atoms with Crippen molar-refractivity contribution in [1.82, 2.24) is 10.2 Å². The van der Waals surface area contributed by atoms with Gasteiger partial charge in [-0.2, -0.15) is 0 Å². The molecule has 1 atom stereocenters. The summed E-state index contributed by atoms with van der Waals surface area (Å²) in [5.74, 6) is 0. The van der Waals surface area contributed by atoms with Crippen LogP contribution in [-0.2, 0) is 0 Å². The van der Waals surface area contributed by atoms with Crippen LogP contribution < -0.4 is 5.32 Å². The van der Waals surface area contributed by atoms with E-state index < -0.39 is 11.0 Å². The van der Waals surface area contributed by atoms with E-state index in [1.807, 2.05) is 14.1 Å². The molecule has 2 N–H and O–H groups in total. The van der Waals surface area contributed by atoms with E-state index in [0.29, 0.717) is 12.1 Å². The molecular weight excluding hydrogens is 270 g/mol. The van der Waals surface area contributed by atoms with E-state index in [-0.39, 0.29) is 11.1 Å². The first kappa shape index (κ1) is 17.6. The molecule has 0 aromatic heterocycles. The van der Waals surface area contributed by atoms with E-state index in [9.17, 15) is 15.2 Å². The number of nitrogens with one attached hydrogen (secondary N) is 1. The third kappa shape index (κ3) is 6.20. The number of nitrogens with zero attached hydrogens (tertiary/aromatic N) is 2. The lowest BCUT2D eigenvalue weighted by atomic mass is 9.93. The number of hydrogen-bond acceptors (Lipinski definition) is 5. The molecule has 0 aliphatic heterocycles. The van der Waals surface area contributed by atoms with Crippen molar-refractivity contribution < 1.29 is 10.0 Å². The van der Waals surface area contributed by atoms with Crippen molar-refractivity contribution in [2.24, 2.45) is 5.41 Å². The zero-order valence-electron chi connectivity index (χ0n) is 13.2. The van der Waals surface area contributed by atoms with Crippen molar-refractivity contribution in [2.75, 3.05) is 33.7 Å². The normalized spacial score (nSPS) is 13.4. The predicted molar refractivity (Wildman–Crippen MR) is 83.3 cm³/mol. The van der Waals surface area contributed by atoms with E-state index in [4.69, 9.17) is 0 Å². The molecule has 6 heteroatoms. The first-order chi connectivity index (χ1) is 9.71. The zero-order chi connectivity index (χ0) is 16.0. The third-order valence-electron chi connectivity index (χ3n) is 3.17. The van der Waals surface area contributed by atoms with Crippen LogP contribution in [0, 0.1) is 15.5 Å². The Morgan fingerprint density at radius 2 is 1.90 bits per heavy atom.